The Morgan fingerprint density at radius 3 is 1.32 bits per heavy atom. The van der Waals surface area contributed by atoms with Crippen LogP contribution in [-0.2, 0) is 12.8 Å². The van der Waals surface area contributed by atoms with Gasteiger partial charge in [0.05, 0.1) is 0 Å². The quantitative estimate of drug-likeness (QED) is 0.277. The third-order valence-corrected chi connectivity index (χ3v) is 6.74. The van der Waals surface area contributed by atoms with Crippen LogP contribution in [0.2, 0.25) is 0 Å². The van der Waals surface area contributed by atoms with E-state index in [-0.39, 0.29) is 0 Å². The Morgan fingerprint density at radius 2 is 0.971 bits per heavy atom. The van der Waals surface area contributed by atoms with Gasteiger partial charge in [0.2, 0.25) is 0 Å². The van der Waals surface area contributed by atoms with Crippen molar-refractivity contribution in [3.8, 4) is 0 Å². The molecule has 4 N–H and O–H groups in total. The lowest BCUT2D eigenvalue weighted by atomic mass is 9.86. The number of nitrogen functional groups attached to an aromatic ring is 2. The molecule has 1 radical (unpaired) electrons. The summed E-state index contributed by atoms with van der Waals surface area (Å²) in [6.07, 6.45) is 3.78. The van der Waals surface area contributed by atoms with Gasteiger partial charge in [-0.3, -0.25) is 0 Å². The van der Waals surface area contributed by atoms with Crippen LogP contribution in [0.4, 0.5) is 11.4 Å². The van der Waals surface area contributed by atoms with Crippen molar-refractivity contribution in [2.45, 2.75) is 45.4 Å². The molecule has 173 valence electrons. The summed E-state index contributed by atoms with van der Waals surface area (Å²) in [5.74, 6) is 0.359. The smallest absolute Gasteiger partial charge is 0.0343 e. The molecule has 0 unspecified atom stereocenters. The molecule has 4 aromatic carbocycles. The summed E-state index contributed by atoms with van der Waals surface area (Å²) in [6.45, 7) is 8.26. The van der Waals surface area contributed by atoms with Crippen molar-refractivity contribution >= 4 is 11.4 Å². The van der Waals surface area contributed by atoms with Crippen LogP contribution in [0.1, 0.15) is 63.3 Å². The minimum Gasteiger partial charge on any atom is -0.399 e. The van der Waals surface area contributed by atoms with Crippen LogP contribution in [0, 0.1) is 20.8 Å². The topological polar surface area (TPSA) is 52.0 Å². The molecule has 0 aromatic heterocycles. The molecule has 4 rings (SSSR count). The molecule has 0 amide bonds. The maximum Gasteiger partial charge on any atom is 0.0343 e. The lowest BCUT2D eigenvalue weighted by Gasteiger charge is -2.18. The van der Waals surface area contributed by atoms with E-state index in [0.29, 0.717) is 5.92 Å². The van der Waals surface area contributed by atoms with Gasteiger partial charge in [-0.1, -0.05) is 86.1 Å². The average Bonchev–Trinajstić information content (AvgIpc) is 2.84. The normalized spacial score (nSPS) is 11.2. The van der Waals surface area contributed by atoms with Crippen molar-refractivity contribution in [2.75, 3.05) is 11.5 Å². The van der Waals surface area contributed by atoms with Gasteiger partial charge >= 0.3 is 0 Å². The molecule has 0 aliphatic heterocycles. The first kappa shape index (κ1) is 23.6. The first-order valence-corrected chi connectivity index (χ1v) is 12.1. The molecule has 0 bridgehead atoms. The number of aryl methyl sites for hydroxylation is 2. The predicted octanol–water partition coefficient (Wildman–Crippen LogP) is 7.40. The van der Waals surface area contributed by atoms with Gasteiger partial charge in [-0.05, 0) is 89.8 Å². The van der Waals surface area contributed by atoms with E-state index in [2.05, 4.69) is 93.6 Å². The van der Waals surface area contributed by atoms with Crippen LogP contribution in [0.15, 0.2) is 84.9 Å². The molecule has 34 heavy (non-hydrogen) atoms. The number of nitrogens with two attached hydrogens (primary N) is 2. The van der Waals surface area contributed by atoms with Gasteiger partial charge < -0.3 is 11.5 Å². The Hall–Kier alpha value is -3.52. The monoisotopic (exact) mass is 447 g/mol. The van der Waals surface area contributed by atoms with Gasteiger partial charge in [-0.25, -0.2) is 0 Å². The highest BCUT2D eigenvalue weighted by molar-refractivity contribution is 5.49. The highest BCUT2D eigenvalue weighted by Gasteiger charge is 2.14. The Morgan fingerprint density at radius 1 is 0.588 bits per heavy atom. The molecule has 0 spiro atoms. The maximum atomic E-state index is 5.97. The maximum absolute atomic E-state index is 5.97. The third kappa shape index (κ3) is 5.69. The molecular weight excluding hydrogens is 412 g/mol. The zero-order chi connectivity index (χ0) is 24.1. The number of rotatable bonds is 8. The minimum absolute atomic E-state index is 0.359. The zero-order valence-corrected chi connectivity index (χ0v) is 20.4. The summed E-state index contributed by atoms with van der Waals surface area (Å²) >= 11 is 0. The van der Waals surface area contributed by atoms with Gasteiger partial charge in [0.1, 0.15) is 0 Å². The highest BCUT2D eigenvalue weighted by atomic mass is 14.6. The highest BCUT2D eigenvalue weighted by Crippen LogP contribution is 2.30. The summed E-state index contributed by atoms with van der Waals surface area (Å²) in [5, 5.41) is 0. The van der Waals surface area contributed by atoms with Crippen LogP contribution < -0.4 is 11.5 Å². The minimum atomic E-state index is 0.359. The Balaban J connectivity index is 1.48. The second kappa shape index (κ2) is 10.6. The van der Waals surface area contributed by atoms with Crippen LogP contribution in [0.5, 0.6) is 0 Å². The van der Waals surface area contributed by atoms with E-state index in [4.69, 9.17) is 11.5 Å². The Kier molecular flexibility index (Phi) is 7.37. The van der Waals surface area contributed by atoms with E-state index in [1.807, 2.05) is 12.1 Å². The van der Waals surface area contributed by atoms with Crippen LogP contribution in [-0.4, -0.2) is 0 Å². The number of hydrogen-bond donors (Lipinski definition) is 2. The van der Waals surface area contributed by atoms with Gasteiger partial charge in [-0.15, -0.1) is 0 Å². The number of benzene rings is 4. The predicted molar refractivity (Wildman–Crippen MR) is 146 cm³/mol. The summed E-state index contributed by atoms with van der Waals surface area (Å²) in [5.41, 5.74) is 23.8. The van der Waals surface area contributed by atoms with E-state index in [1.165, 1.54) is 33.4 Å². The van der Waals surface area contributed by atoms with Crippen molar-refractivity contribution in [1.29, 1.82) is 0 Å². The van der Waals surface area contributed by atoms with E-state index >= 15 is 0 Å². The van der Waals surface area contributed by atoms with Crippen molar-refractivity contribution in [2.24, 2.45) is 0 Å². The molecule has 4 aromatic rings. The fraction of sp³-hybridized carbons (Fsp3) is 0.219. The molecule has 2 nitrogen and oxygen atoms in total. The van der Waals surface area contributed by atoms with Crippen LogP contribution in [0.3, 0.4) is 0 Å². The van der Waals surface area contributed by atoms with Gasteiger partial charge in [-0.2, -0.15) is 0 Å². The molecule has 0 fully saturated rings. The molecular formula is C32H35N2. The van der Waals surface area contributed by atoms with Crippen molar-refractivity contribution in [3.63, 3.8) is 0 Å². The first-order chi connectivity index (χ1) is 16.4. The van der Waals surface area contributed by atoms with E-state index < -0.39 is 0 Å². The molecule has 0 saturated heterocycles. The SMILES string of the molecule is [CH2]CCC(c1ccc(Cc2ccc(N)c(C)c2)cc1)c1ccc(Cc2ccc(N)c(C)c2)cc1. The number of hydrogen-bond acceptors (Lipinski definition) is 2. The molecule has 2 heteroatoms. The third-order valence-electron chi connectivity index (χ3n) is 6.74. The second-order valence-corrected chi connectivity index (χ2v) is 9.41. The molecule has 0 aliphatic rings. The summed E-state index contributed by atoms with van der Waals surface area (Å²) < 4.78 is 0. The molecule has 0 saturated carbocycles. The van der Waals surface area contributed by atoms with Crippen molar-refractivity contribution < 1.29 is 0 Å². The number of anilines is 2. The van der Waals surface area contributed by atoms with Crippen molar-refractivity contribution in [1.82, 2.24) is 0 Å². The molecule has 0 aliphatic carbocycles. The van der Waals surface area contributed by atoms with Crippen LogP contribution in [0.25, 0.3) is 0 Å². The fourth-order valence-corrected chi connectivity index (χ4v) is 4.63. The van der Waals surface area contributed by atoms with Crippen LogP contribution >= 0.6 is 0 Å². The fourth-order valence-electron chi connectivity index (χ4n) is 4.63. The second-order valence-electron chi connectivity index (χ2n) is 9.41. The van der Waals surface area contributed by atoms with Gasteiger partial charge in [0.15, 0.2) is 0 Å². The van der Waals surface area contributed by atoms with E-state index in [9.17, 15) is 0 Å². The summed E-state index contributed by atoms with van der Waals surface area (Å²) in [6, 6.07) is 30.8. The zero-order valence-electron chi connectivity index (χ0n) is 20.4. The average molecular weight is 448 g/mol. The lowest BCUT2D eigenvalue weighted by Crippen LogP contribution is -2.02. The Bertz CT molecular complexity index is 1140. The molecule has 0 heterocycles. The van der Waals surface area contributed by atoms with E-state index in [1.54, 1.807) is 0 Å². The lowest BCUT2D eigenvalue weighted by molar-refractivity contribution is 0.726. The molecule has 0 atom stereocenters. The summed E-state index contributed by atoms with van der Waals surface area (Å²) in [7, 11) is 0. The first-order valence-electron chi connectivity index (χ1n) is 12.1. The van der Waals surface area contributed by atoms with Gasteiger partial charge in [0, 0.05) is 17.3 Å². The van der Waals surface area contributed by atoms with E-state index in [0.717, 1.165) is 48.2 Å². The van der Waals surface area contributed by atoms with Crippen molar-refractivity contribution in [3.05, 3.63) is 136 Å². The largest absolute Gasteiger partial charge is 0.399 e. The Labute approximate surface area is 204 Å². The van der Waals surface area contributed by atoms with Gasteiger partial charge in [0.25, 0.3) is 0 Å². The standard InChI is InChI=1S/C32H35N2/c1-4-5-30(28-12-6-24(7-13-28)20-26-10-16-31(33)22(2)18-26)29-14-8-25(9-15-29)21-27-11-17-32(34)23(3)19-27/h6-19,30H,1,4-5,20-21,33-34H2,2-3H3. The summed E-state index contributed by atoms with van der Waals surface area (Å²) in [4.78, 5) is 0.